The number of aliphatic hydroxyl groups excluding tert-OH is 1. The van der Waals surface area contributed by atoms with Gasteiger partial charge in [-0.25, -0.2) is 4.98 Å². The molecule has 2 aromatic heterocycles. The molecule has 0 aromatic carbocycles. The number of carbonyl (C=O) groups is 1. The molecule has 0 aliphatic rings. The summed E-state index contributed by atoms with van der Waals surface area (Å²) in [6.45, 7) is 1.49. The third kappa shape index (κ3) is 2.79. The number of aliphatic hydroxyl groups is 1. The van der Waals surface area contributed by atoms with Gasteiger partial charge in [-0.3, -0.25) is 9.59 Å². The number of rotatable bonds is 4. The monoisotopic (exact) mass is 283 g/mol. The number of hydrogen-bond acceptors (Lipinski definition) is 6. The van der Waals surface area contributed by atoms with Crippen molar-refractivity contribution in [3.63, 3.8) is 0 Å². The van der Waals surface area contributed by atoms with Crippen molar-refractivity contribution in [1.29, 1.82) is 0 Å². The van der Waals surface area contributed by atoms with Crippen LogP contribution in [0.25, 0.3) is 0 Å². The lowest BCUT2D eigenvalue weighted by atomic mass is 10.5. The minimum atomic E-state index is -0.473. The Morgan fingerprint density at radius 3 is 2.84 bits per heavy atom. The Morgan fingerprint density at radius 2 is 2.32 bits per heavy atom. The van der Waals surface area contributed by atoms with Gasteiger partial charge in [0.15, 0.2) is 5.16 Å². The van der Waals surface area contributed by atoms with Gasteiger partial charge in [0.05, 0.1) is 24.3 Å². The van der Waals surface area contributed by atoms with Crippen molar-refractivity contribution in [3.05, 3.63) is 34.1 Å². The van der Waals surface area contributed by atoms with Crippen LogP contribution < -0.4 is 5.56 Å². The van der Waals surface area contributed by atoms with E-state index in [9.17, 15) is 9.59 Å². The molecule has 0 unspecified atom stereocenters. The lowest BCUT2D eigenvalue weighted by Crippen LogP contribution is -2.23. The number of carbonyl (C=O) groups excluding carboxylic acids is 1. The van der Waals surface area contributed by atoms with Gasteiger partial charge >= 0.3 is 0 Å². The van der Waals surface area contributed by atoms with Crippen molar-refractivity contribution < 1.29 is 14.4 Å². The van der Waals surface area contributed by atoms with Crippen molar-refractivity contribution >= 4 is 17.7 Å². The van der Waals surface area contributed by atoms with Crippen molar-refractivity contribution in [2.24, 2.45) is 7.05 Å². The summed E-state index contributed by atoms with van der Waals surface area (Å²) < 4.78 is 7.42. The Bertz CT molecular complexity index is 655. The maximum Gasteiger partial charge on any atom is 0.290 e. The van der Waals surface area contributed by atoms with Crippen molar-refractivity contribution in [2.75, 3.05) is 5.75 Å². The van der Waals surface area contributed by atoms with E-state index >= 15 is 0 Å². The largest absolute Gasteiger partial charge is 0.390 e. The van der Waals surface area contributed by atoms with Crippen LogP contribution in [-0.2, 0) is 13.7 Å². The van der Waals surface area contributed by atoms with Gasteiger partial charge in [-0.05, 0) is 6.92 Å². The lowest BCUT2D eigenvalue weighted by molar-refractivity contribution is 0.0813. The molecule has 2 rings (SSSR count). The van der Waals surface area contributed by atoms with Gasteiger partial charge in [-0.2, -0.15) is 0 Å². The molecule has 0 spiro atoms. The van der Waals surface area contributed by atoms with Gasteiger partial charge in [0, 0.05) is 13.1 Å². The summed E-state index contributed by atoms with van der Waals surface area (Å²) in [6, 6.07) is 1.26. The highest BCUT2D eigenvalue weighted by Gasteiger charge is 2.14. The van der Waals surface area contributed by atoms with Crippen LogP contribution >= 0.6 is 11.8 Å². The van der Waals surface area contributed by atoms with Crippen LogP contribution in [0.15, 0.2) is 26.7 Å². The Hall–Kier alpha value is -1.80. The molecule has 0 aliphatic heterocycles. The van der Waals surface area contributed by atoms with Gasteiger partial charge in [-0.1, -0.05) is 11.8 Å². The van der Waals surface area contributed by atoms with Crippen LogP contribution in [-0.4, -0.2) is 31.1 Å². The van der Waals surface area contributed by atoms with E-state index < -0.39 is 11.5 Å². The molecule has 7 nitrogen and oxygen atoms in total. The minimum absolute atomic E-state index is 0.0303. The Balaban J connectivity index is 2.06. The number of aromatic nitrogens is 3. The minimum Gasteiger partial charge on any atom is -0.390 e. The van der Waals surface area contributed by atoms with Crippen LogP contribution in [0.1, 0.15) is 16.2 Å². The number of thioether (sulfide) groups is 1. The SMILES string of the molecule is Cc1cc(=O)n(C(=O)CSc2ncc(CO)n2C)o1. The van der Waals surface area contributed by atoms with E-state index in [0.29, 0.717) is 16.6 Å². The fourth-order valence-corrected chi connectivity index (χ4v) is 2.32. The first-order chi connectivity index (χ1) is 9.02. The summed E-state index contributed by atoms with van der Waals surface area (Å²) in [4.78, 5) is 27.3. The van der Waals surface area contributed by atoms with Gasteiger partial charge in [0.2, 0.25) is 0 Å². The first-order valence-electron chi connectivity index (χ1n) is 5.50. The summed E-state index contributed by atoms with van der Waals surface area (Å²) in [5.41, 5.74) is 0.181. The summed E-state index contributed by atoms with van der Waals surface area (Å²) in [7, 11) is 1.74. The molecule has 102 valence electrons. The molecule has 8 heteroatoms. The fraction of sp³-hybridized carbons (Fsp3) is 0.364. The van der Waals surface area contributed by atoms with Crippen LogP contribution in [0.3, 0.4) is 0 Å². The molecule has 2 heterocycles. The van der Waals surface area contributed by atoms with Gasteiger partial charge in [0.1, 0.15) is 5.76 Å². The molecular weight excluding hydrogens is 270 g/mol. The molecule has 0 fully saturated rings. The van der Waals surface area contributed by atoms with Crippen LogP contribution in [0, 0.1) is 6.92 Å². The standard InChI is InChI=1S/C11H13N3O4S/c1-7-3-9(16)14(18-7)10(17)6-19-11-12-4-8(5-15)13(11)2/h3-4,15H,5-6H2,1-2H3. The first-order valence-corrected chi connectivity index (χ1v) is 6.49. The zero-order valence-electron chi connectivity index (χ0n) is 10.5. The van der Waals surface area contributed by atoms with E-state index in [2.05, 4.69) is 4.98 Å². The molecule has 0 amide bonds. The zero-order chi connectivity index (χ0) is 14.0. The molecule has 0 aliphatic carbocycles. The van der Waals surface area contributed by atoms with Gasteiger partial charge in [0.25, 0.3) is 11.5 Å². The molecular formula is C11H13N3O4S. The molecule has 0 atom stereocenters. The normalized spacial score (nSPS) is 10.9. The molecule has 19 heavy (non-hydrogen) atoms. The number of nitrogens with zero attached hydrogens (tertiary/aromatic N) is 3. The van der Waals surface area contributed by atoms with E-state index in [4.69, 9.17) is 9.63 Å². The topological polar surface area (TPSA) is 90.3 Å². The average molecular weight is 283 g/mol. The second-order valence-corrected chi connectivity index (χ2v) is 4.85. The van der Waals surface area contributed by atoms with Gasteiger partial charge < -0.3 is 14.2 Å². The van der Waals surface area contributed by atoms with Crippen LogP contribution in [0.5, 0.6) is 0 Å². The smallest absolute Gasteiger partial charge is 0.290 e. The molecule has 0 radical (unpaired) electrons. The molecule has 0 bridgehead atoms. The summed E-state index contributed by atoms with van der Waals surface area (Å²) in [5, 5.41) is 9.62. The summed E-state index contributed by atoms with van der Waals surface area (Å²) in [5.74, 6) is -0.0256. The highest BCUT2D eigenvalue weighted by Crippen LogP contribution is 2.17. The van der Waals surface area contributed by atoms with Crippen LogP contribution in [0.4, 0.5) is 0 Å². The highest BCUT2D eigenvalue weighted by atomic mass is 32.2. The highest BCUT2D eigenvalue weighted by molar-refractivity contribution is 7.99. The Labute approximate surface area is 112 Å². The van der Waals surface area contributed by atoms with E-state index in [1.165, 1.54) is 24.0 Å². The second kappa shape index (κ2) is 5.45. The van der Waals surface area contributed by atoms with Crippen molar-refractivity contribution in [3.8, 4) is 0 Å². The number of aryl methyl sites for hydroxylation is 1. The van der Waals surface area contributed by atoms with E-state index in [1.54, 1.807) is 18.5 Å². The second-order valence-electron chi connectivity index (χ2n) is 3.91. The Morgan fingerprint density at radius 1 is 1.58 bits per heavy atom. The predicted octanol–water partition coefficient (Wildman–Crippen LogP) is 0.408. The maximum atomic E-state index is 11.8. The Kier molecular flexibility index (Phi) is 3.91. The zero-order valence-corrected chi connectivity index (χ0v) is 11.3. The molecule has 1 N–H and O–H groups in total. The molecule has 0 saturated carbocycles. The lowest BCUT2D eigenvalue weighted by Gasteiger charge is -2.03. The predicted molar refractivity (Wildman–Crippen MR) is 68.2 cm³/mol. The van der Waals surface area contributed by atoms with Crippen molar-refractivity contribution in [1.82, 2.24) is 14.3 Å². The summed E-state index contributed by atoms with van der Waals surface area (Å²) in [6.07, 6.45) is 1.54. The maximum absolute atomic E-state index is 11.8. The van der Waals surface area contributed by atoms with E-state index in [-0.39, 0.29) is 12.4 Å². The van der Waals surface area contributed by atoms with E-state index in [1.807, 2.05) is 0 Å². The fourth-order valence-electron chi connectivity index (χ4n) is 1.51. The number of hydrogen-bond donors (Lipinski definition) is 1. The third-order valence-corrected chi connectivity index (χ3v) is 3.55. The van der Waals surface area contributed by atoms with Crippen molar-refractivity contribution in [2.45, 2.75) is 18.7 Å². The molecule has 0 saturated heterocycles. The van der Waals surface area contributed by atoms with Crippen LogP contribution in [0.2, 0.25) is 0 Å². The summed E-state index contributed by atoms with van der Waals surface area (Å²) >= 11 is 1.18. The third-order valence-electron chi connectivity index (χ3n) is 2.52. The number of imidazole rings is 1. The average Bonchev–Trinajstić information content (AvgIpc) is 2.89. The quantitative estimate of drug-likeness (QED) is 0.817. The first kappa shape index (κ1) is 13.6. The van der Waals surface area contributed by atoms with E-state index in [0.717, 1.165) is 4.74 Å². The molecule has 2 aromatic rings. The van der Waals surface area contributed by atoms with Gasteiger partial charge in [-0.15, -0.1) is 4.74 Å².